The molecule has 0 aromatic carbocycles. The van der Waals surface area contributed by atoms with Crippen molar-refractivity contribution >= 4 is 17.7 Å². The monoisotopic (exact) mass is 333 g/mol. The van der Waals surface area contributed by atoms with Crippen molar-refractivity contribution in [2.45, 2.75) is 43.6 Å². The summed E-state index contributed by atoms with van der Waals surface area (Å²) in [4.78, 5) is 21.4. The number of thioether (sulfide) groups is 1. The SMILES string of the molecule is O=C(c1ccc(SCCN2CCCCC2)nc1)N1CCCCC1. The van der Waals surface area contributed by atoms with E-state index in [2.05, 4.69) is 9.88 Å². The molecule has 3 rings (SSSR count). The van der Waals surface area contributed by atoms with E-state index in [0.717, 1.165) is 48.8 Å². The number of nitrogens with zero attached hydrogens (tertiary/aromatic N) is 3. The van der Waals surface area contributed by atoms with E-state index >= 15 is 0 Å². The van der Waals surface area contributed by atoms with Crippen LogP contribution in [0.1, 0.15) is 48.9 Å². The highest BCUT2D eigenvalue weighted by Gasteiger charge is 2.18. The van der Waals surface area contributed by atoms with Crippen LogP contribution < -0.4 is 0 Å². The Morgan fingerprint density at radius 3 is 2.35 bits per heavy atom. The first-order chi connectivity index (χ1) is 11.3. The van der Waals surface area contributed by atoms with Gasteiger partial charge in [0, 0.05) is 31.6 Å². The van der Waals surface area contributed by atoms with Crippen molar-refractivity contribution in [3.8, 4) is 0 Å². The summed E-state index contributed by atoms with van der Waals surface area (Å²) in [5.74, 6) is 1.22. The zero-order chi connectivity index (χ0) is 15.9. The zero-order valence-electron chi connectivity index (χ0n) is 13.9. The molecule has 0 spiro atoms. The summed E-state index contributed by atoms with van der Waals surface area (Å²) in [5, 5.41) is 1.03. The molecule has 0 bridgehead atoms. The summed E-state index contributed by atoms with van der Waals surface area (Å²) in [7, 11) is 0. The van der Waals surface area contributed by atoms with E-state index < -0.39 is 0 Å². The van der Waals surface area contributed by atoms with Crippen molar-refractivity contribution in [3.05, 3.63) is 23.9 Å². The van der Waals surface area contributed by atoms with Crippen LogP contribution >= 0.6 is 11.8 Å². The molecule has 2 aliphatic rings. The Bertz CT molecular complexity index is 493. The van der Waals surface area contributed by atoms with E-state index in [1.54, 1.807) is 18.0 Å². The molecule has 2 saturated heterocycles. The maximum absolute atomic E-state index is 12.4. The van der Waals surface area contributed by atoms with Gasteiger partial charge >= 0.3 is 0 Å². The van der Waals surface area contributed by atoms with Crippen LogP contribution in [0, 0.1) is 0 Å². The van der Waals surface area contributed by atoms with E-state index in [0.29, 0.717) is 0 Å². The fourth-order valence-corrected chi connectivity index (χ4v) is 4.18. The molecule has 0 unspecified atom stereocenters. The van der Waals surface area contributed by atoms with Crippen LogP contribution in [-0.4, -0.2) is 59.2 Å². The summed E-state index contributed by atoms with van der Waals surface area (Å²) in [6.45, 7) is 5.42. The largest absolute Gasteiger partial charge is 0.339 e. The predicted octanol–water partition coefficient (Wildman–Crippen LogP) is 3.29. The molecule has 0 atom stereocenters. The molecule has 0 radical (unpaired) electrons. The zero-order valence-corrected chi connectivity index (χ0v) is 14.7. The van der Waals surface area contributed by atoms with E-state index in [-0.39, 0.29) is 5.91 Å². The van der Waals surface area contributed by atoms with Crippen molar-refractivity contribution in [2.24, 2.45) is 0 Å². The first-order valence-corrected chi connectivity index (χ1v) is 9.92. The van der Waals surface area contributed by atoms with Gasteiger partial charge in [-0.15, -0.1) is 11.8 Å². The Balaban J connectivity index is 1.45. The molecule has 1 aromatic rings. The molecule has 0 aliphatic carbocycles. The topological polar surface area (TPSA) is 36.4 Å². The van der Waals surface area contributed by atoms with Gasteiger partial charge in [-0.25, -0.2) is 4.98 Å². The third-order valence-electron chi connectivity index (χ3n) is 4.73. The fourth-order valence-electron chi connectivity index (χ4n) is 3.33. The number of hydrogen-bond acceptors (Lipinski definition) is 4. The van der Waals surface area contributed by atoms with Gasteiger partial charge in [0.05, 0.1) is 10.6 Å². The summed E-state index contributed by atoms with van der Waals surface area (Å²) in [5.41, 5.74) is 0.729. The number of aromatic nitrogens is 1. The molecule has 2 aliphatic heterocycles. The van der Waals surface area contributed by atoms with Crippen LogP contribution in [0.2, 0.25) is 0 Å². The lowest BCUT2D eigenvalue weighted by molar-refractivity contribution is 0.0724. The smallest absolute Gasteiger partial charge is 0.255 e. The first-order valence-electron chi connectivity index (χ1n) is 8.93. The van der Waals surface area contributed by atoms with Crippen molar-refractivity contribution in [1.29, 1.82) is 0 Å². The lowest BCUT2D eigenvalue weighted by Gasteiger charge is -2.26. The average Bonchev–Trinajstić information content (AvgIpc) is 2.63. The molecule has 23 heavy (non-hydrogen) atoms. The van der Waals surface area contributed by atoms with Crippen molar-refractivity contribution in [2.75, 3.05) is 38.5 Å². The lowest BCUT2D eigenvalue weighted by atomic mass is 10.1. The summed E-state index contributed by atoms with van der Waals surface area (Å²) in [6, 6.07) is 3.94. The number of carbonyl (C=O) groups is 1. The second kappa shape index (κ2) is 8.69. The Hall–Kier alpha value is -1.07. The van der Waals surface area contributed by atoms with Gasteiger partial charge in [-0.2, -0.15) is 0 Å². The van der Waals surface area contributed by atoms with E-state index in [4.69, 9.17) is 0 Å². The molecule has 1 aromatic heterocycles. The number of rotatable bonds is 5. The average molecular weight is 334 g/mol. The van der Waals surface area contributed by atoms with Gasteiger partial charge in [0.2, 0.25) is 0 Å². The highest BCUT2D eigenvalue weighted by molar-refractivity contribution is 7.99. The van der Waals surface area contributed by atoms with Gasteiger partial charge in [0.1, 0.15) is 0 Å². The molecule has 4 nitrogen and oxygen atoms in total. The third kappa shape index (κ3) is 4.95. The van der Waals surface area contributed by atoms with Crippen LogP contribution in [0.4, 0.5) is 0 Å². The lowest BCUT2D eigenvalue weighted by Crippen LogP contribution is -2.35. The molecule has 0 N–H and O–H groups in total. The fraction of sp³-hybridized carbons (Fsp3) is 0.667. The van der Waals surface area contributed by atoms with Gasteiger partial charge in [-0.1, -0.05) is 6.42 Å². The molecule has 1 amide bonds. The second-order valence-electron chi connectivity index (χ2n) is 6.49. The highest BCUT2D eigenvalue weighted by atomic mass is 32.2. The number of piperidine rings is 2. The Kier molecular flexibility index (Phi) is 6.34. The molecule has 0 saturated carbocycles. The predicted molar refractivity (Wildman–Crippen MR) is 95.0 cm³/mol. The molecule has 2 fully saturated rings. The van der Waals surface area contributed by atoms with Crippen molar-refractivity contribution < 1.29 is 4.79 Å². The van der Waals surface area contributed by atoms with Crippen LogP contribution in [0.5, 0.6) is 0 Å². The molecular weight excluding hydrogens is 306 g/mol. The molecule has 126 valence electrons. The molecule has 3 heterocycles. The van der Waals surface area contributed by atoms with Crippen LogP contribution in [0.15, 0.2) is 23.4 Å². The maximum Gasteiger partial charge on any atom is 0.255 e. The van der Waals surface area contributed by atoms with Gasteiger partial charge in [-0.05, 0) is 57.3 Å². The minimum Gasteiger partial charge on any atom is -0.339 e. The molecule has 5 heteroatoms. The van der Waals surface area contributed by atoms with Crippen molar-refractivity contribution in [1.82, 2.24) is 14.8 Å². The maximum atomic E-state index is 12.4. The summed E-state index contributed by atoms with van der Waals surface area (Å²) in [6.07, 6.45) is 9.33. The Morgan fingerprint density at radius 1 is 1.00 bits per heavy atom. The highest BCUT2D eigenvalue weighted by Crippen LogP contribution is 2.18. The van der Waals surface area contributed by atoms with Crippen LogP contribution in [-0.2, 0) is 0 Å². The van der Waals surface area contributed by atoms with E-state index in [1.165, 1.54) is 38.8 Å². The minimum absolute atomic E-state index is 0.141. The first kappa shape index (κ1) is 16.8. The Labute approximate surface area is 143 Å². The van der Waals surface area contributed by atoms with Crippen LogP contribution in [0.3, 0.4) is 0 Å². The standard InChI is InChI=1S/C18H27N3OS/c22-18(21-11-5-2-6-12-21)16-7-8-17(19-15-16)23-14-13-20-9-3-1-4-10-20/h7-8,15H,1-6,9-14H2. The summed E-state index contributed by atoms with van der Waals surface area (Å²) < 4.78 is 0. The van der Waals surface area contributed by atoms with Gasteiger partial charge in [0.25, 0.3) is 5.91 Å². The van der Waals surface area contributed by atoms with E-state index in [1.807, 2.05) is 17.0 Å². The number of amides is 1. The normalized spacial score (nSPS) is 19.7. The number of likely N-dealkylation sites (tertiary alicyclic amines) is 2. The van der Waals surface area contributed by atoms with Gasteiger partial charge < -0.3 is 9.80 Å². The number of pyridine rings is 1. The van der Waals surface area contributed by atoms with Gasteiger partial charge in [-0.3, -0.25) is 4.79 Å². The molecular formula is C18H27N3OS. The van der Waals surface area contributed by atoms with Crippen molar-refractivity contribution in [3.63, 3.8) is 0 Å². The number of hydrogen-bond donors (Lipinski definition) is 0. The summed E-state index contributed by atoms with van der Waals surface area (Å²) >= 11 is 1.79. The second-order valence-corrected chi connectivity index (χ2v) is 7.60. The van der Waals surface area contributed by atoms with Gasteiger partial charge in [0.15, 0.2) is 0 Å². The Morgan fingerprint density at radius 2 is 1.70 bits per heavy atom. The number of carbonyl (C=O) groups excluding carboxylic acids is 1. The quantitative estimate of drug-likeness (QED) is 0.775. The van der Waals surface area contributed by atoms with E-state index in [9.17, 15) is 4.79 Å². The van der Waals surface area contributed by atoms with Crippen LogP contribution in [0.25, 0.3) is 0 Å². The third-order valence-corrected chi connectivity index (χ3v) is 5.66. The minimum atomic E-state index is 0.141.